The predicted molar refractivity (Wildman–Crippen MR) is 46.0 cm³/mol. The van der Waals surface area contributed by atoms with Gasteiger partial charge in [-0.1, -0.05) is 31.9 Å². The van der Waals surface area contributed by atoms with Crippen molar-refractivity contribution in [3.63, 3.8) is 0 Å². The first kappa shape index (κ1) is 9.92. The molecule has 0 amide bonds. The second-order valence-electron chi connectivity index (χ2n) is 2.23. The van der Waals surface area contributed by atoms with Gasteiger partial charge >= 0.3 is 0 Å². The van der Waals surface area contributed by atoms with E-state index in [1.165, 1.54) is 25.7 Å². The summed E-state index contributed by atoms with van der Waals surface area (Å²) >= 11 is 0. The molecule has 0 N–H and O–H groups in total. The molecule has 0 rings (SSSR count). The summed E-state index contributed by atoms with van der Waals surface area (Å²) in [6, 6.07) is 0. The average molecular weight is 156 g/mol. The maximum Gasteiger partial charge on any atom is 0.260 e. The standard InChI is InChI=1S/C8H16OSi/c1-3-5-6-7-8-9-10-4-2/h4H,2-3,5-8H2,1H3. The van der Waals surface area contributed by atoms with Crippen molar-refractivity contribution in [3.05, 3.63) is 12.3 Å². The van der Waals surface area contributed by atoms with Crippen LogP contribution in [-0.4, -0.2) is 16.4 Å². The van der Waals surface area contributed by atoms with Crippen molar-refractivity contribution >= 4 is 9.76 Å². The molecular formula is C8H16OSi. The third-order valence-corrected chi connectivity index (χ3v) is 1.80. The van der Waals surface area contributed by atoms with E-state index in [0.29, 0.717) is 9.76 Å². The summed E-state index contributed by atoms with van der Waals surface area (Å²) in [6.07, 6.45) is 5.14. The Morgan fingerprint density at radius 2 is 2.20 bits per heavy atom. The fourth-order valence-corrected chi connectivity index (χ4v) is 1.10. The first-order valence-corrected chi connectivity index (χ1v) is 4.88. The second kappa shape index (κ2) is 8.92. The molecule has 0 spiro atoms. The third kappa shape index (κ3) is 7.92. The molecule has 2 heteroatoms. The smallest absolute Gasteiger partial charge is 0.260 e. The lowest BCUT2D eigenvalue weighted by molar-refractivity contribution is 0.326. The molecule has 0 aromatic rings. The summed E-state index contributed by atoms with van der Waals surface area (Å²) in [4.78, 5) is 0. The molecule has 1 nitrogen and oxygen atoms in total. The molecule has 0 atom stereocenters. The average Bonchev–Trinajstić information content (AvgIpc) is 1.97. The zero-order valence-corrected chi connectivity index (χ0v) is 7.73. The Bertz CT molecular complexity index is 73.7. The zero-order chi connectivity index (χ0) is 7.66. The number of rotatable bonds is 7. The Morgan fingerprint density at radius 3 is 2.80 bits per heavy atom. The van der Waals surface area contributed by atoms with Gasteiger partial charge in [0, 0.05) is 6.61 Å². The van der Waals surface area contributed by atoms with Gasteiger partial charge in [0.1, 0.15) is 0 Å². The van der Waals surface area contributed by atoms with Crippen LogP contribution in [0.2, 0.25) is 0 Å². The molecule has 0 heterocycles. The lowest BCUT2D eigenvalue weighted by Crippen LogP contribution is -1.96. The highest BCUT2D eigenvalue weighted by atomic mass is 28.2. The SMILES string of the molecule is C=C[Si]OCCCCCC. The van der Waals surface area contributed by atoms with Gasteiger partial charge in [0.05, 0.1) is 0 Å². The van der Waals surface area contributed by atoms with Crippen molar-refractivity contribution in [2.75, 3.05) is 6.61 Å². The summed E-state index contributed by atoms with van der Waals surface area (Å²) in [5, 5.41) is 0. The molecule has 0 saturated carbocycles. The van der Waals surface area contributed by atoms with Crippen LogP contribution in [0.25, 0.3) is 0 Å². The van der Waals surface area contributed by atoms with E-state index in [2.05, 4.69) is 13.5 Å². The molecule has 10 heavy (non-hydrogen) atoms. The number of hydrogen-bond donors (Lipinski definition) is 0. The first-order valence-electron chi connectivity index (χ1n) is 3.90. The van der Waals surface area contributed by atoms with E-state index >= 15 is 0 Å². The molecule has 0 aromatic carbocycles. The van der Waals surface area contributed by atoms with Gasteiger partial charge < -0.3 is 4.43 Å². The molecule has 58 valence electrons. The Kier molecular flexibility index (Phi) is 8.84. The van der Waals surface area contributed by atoms with Crippen molar-refractivity contribution in [3.8, 4) is 0 Å². The van der Waals surface area contributed by atoms with Crippen LogP contribution < -0.4 is 0 Å². The highest BCUT2D eigenvalue weighted by Gasteiger charge is 1.86. The van der Waals surface area contributed by atoms with Gasteiger partial charge in [0.2, 0.25) is 0 Å². The Labute approximate surface area is 66.4 Å². The summed E-state index contributed by atoms with van der Waals surface area (Å²) in [6.45, 7) is 6.70. The van der Waals surface area contributed by atoms with Crippen molar-refractivity contribution in [1.82, 2.24) is 0 Å². The van der Waals surface area contributed by atoms with Crippen LogP contribution >= 0.6 is 0 Å². The molecule has 0 unspecified atom stereocenters. The molecule has 0 bridgehead atoms. The molecule has 2 radical (unpaired) electrons. The van der Waals surface area contributed by atoms with Crippen LogP contribution in [-0.2, 0) is 4.43 Å². The Balaban J connectivity index is 2.70. The Morgan fingerprint density at radius 1 is 1.40 bits per heavy atom. The summed E-state index contributed by atoms with van der Waals surface area (Å²) < 4.78 is 5.24. The van der Waals surface area contributed by atoms with E-state index in [-0.39, 0.29) is 0 Å². The predicted octanol–water partition coefficient (Wildman–Crippen LogP) is 2.35. The first-order chi connectivity index (χ1) is 4.91. The van der Waals surface area contributed by atoms with E-state index in [0.717, 1.165) is 6.61 Å². The fraction of sp³-hybridized carbons (Fsp3) is 0.750. The monoisotopic (exact) mass is 156 g/mol. The highest BCUT2D eigenvalue weighted by Crippen LogP contribution is 1.97. The van der Waals surface area contributed by atoms with Crippen molar-refractivity contribution in [1.29, 1.82) is 0 Å². The van der Waals surface area contributed by atoms with E-state index in [9.17, 15) is 0 Å². The summed E-state index contributed by atoms with van der Waals surface area (Å²) in [5.74, 6) is 0. The van der Waals surface area contributed by atoms with Crippen LogP contribution in [0.15, 0.2) is 12.3 Å². The normalized spacial score (nSPS) is 9.70. The lowest BCUT2D eigenvalue weighted by atomic mass is 10.2. The molecule has 0 aliphatic carbocycles. The van der Waals surface area contributed by atoms with Crippen molar-refractivity contribution in [2.24, 2.45) is 0 Å². The molecule has 0 saturated heterocycles. The third-order valence-electron chi connectivity index (χ3n) is 1.27. The lowest BCUT2D eigenvalue weighted by Gasteiger charge is -1.98. The quantitative estimate of drug-likeness (QED) is 0.406. The van der Waals surface area contributed by atoms with E-state index < -0.39 is 0 Å². The maximum absolute atomic E-state index is 5.24. The van der Waals surface area contributed by atoms with Gasteiger partial charge in [-0.25, -0.2) is 0 Å². The zero-order valence-electron chi connectivity index (χ0n) is 6.73. The summed E-state index contributed by atoms with van der Waals surface area (Å²) in [5.41, 5.74) is 1.82. The summed E-state index contributed by atoms with van der Waals surface area (Å²) in [7, 11) is 0.491. The molecule has 0 aromatic heterocycles. The van der Waals surface area contributed by atoms with Crippen LogP contribution in [0.1, 0.15) is 32.6 Å². The maximum atomic E-state index is 5.24. The number of unbranched alkanes of at least 4 members (excludes halogenated alkanes) is 3. The van der Waals surface area contributed by atoms with E-state index in [4.69, 9.17) is 4.43 Å². The molecule has 0 aliphatic heterocycles. The second-order valence-corrected chi connectivity index (χ2v) is 3.16. The van der Waals surface area contributed by atoms with Gasteiger partial charge in [-0.3, -0.25) is 0 Å². The largest absolute Gasteiger partial charge is 0.412 e. The minimum absolute atomic E-state index is 0.491. The Hall–Kier alpha value is -0.0831. The van der Waals surface area contributed by atoms with Crippen molar-refractivity contribution < 1.29 is 4.43 Å². The van der Waals surface area contributed by atoms with Crippen LogP contribution in [0.3, 0.4) is 0 Å². The molecular weight excluding hydrogens is 140 g/mol. The van der Waals surface area contributed by atoms with Crippen LogP contribution in [0.4, 0.5) is 0 Å². The molecule has 0 fully saturated rings. The fourth-order valence-electron chi connectivity index (χ4n) is 0.719. The van der Waals surface area contributed by atoms with Crippen LogP contribution in [0.5, 0.6) is 0 Å². The minimum atomic E-state index is 0.491. The van der Waals surface area contributed by atoms with Gasteiger partial charge in [0.25, 0.3) is 9.76 Å². The van der Waals surface area contributed by atoms with Gasteiger partial charge in [-0.2, -0.15) is 0 Å². The molecule has 0 aliphatic rings. The topological polar surface area (TPSA) is 9.23 Å². The number of hydrogen-bond acceptors (Lipinski definition) is 1. The van der Waals surface area contributed by atoms with Gasteiger partial charge in [0.15, 0.2) is 0 Å². The minimum Gasteiger partial charge on any atom is -0.412 e. The van der Waals surface area contributed by atoms with Crippen LogP contribution in [0, 0.1) is 0 Å². The van der Waals surface area contributed by atoms with E-state index in [1.807, 2.05) is 5.70 Å². The highest BCUT2D eigenvalue weighted by molar-refractivity contribution is 6.33. The van der Waals surface area contributed by atoms with Gasteiger partial charge in [-0.05, 0) is 6.42 Å². The van der Waals surface area contributed by atoms with Gasteiger partial charge in [-0.15, -0.1) is 6.58 Å². The van der Waals surface area contributed by atoms with E-state index in [1.54, 1.807) is 0 Å². The van der Waals surface area contributed by atoms with Crippen molar-refractivity contribution in [2.45, 2.75) is 32.6 Å².